The zero-order valence-electron chi connectivity index (χ0n) is 7.18. The fraction of sp³-hybridized carbons (Fsp3) is 0.143. The molecule has 2 aromatic rings. The van der Waals surface area contributed by atoms with E-state index in [0.717, 1.165) is 6.26 Å². The maximum Gasteiger partial charge on any atom is 0.236 e. The standard InChI is InChI=1S/C7H6ClN3O2S/c1-14(12,13)6-4-5(8)10-7-9-2-3-11(6)7/h2-4H,1H3. The predicted octanol–water partition coefficient (Wildman–Crippen LogP) is 0.786. The van der Waals surface area contributed by atoms with Crippen molar-refractivity contribution < 1.29 is 8.42 Å². The van der Waals surface area contributed by atoms with E-state index in [1.54, 1.807) is 0 Å². The summed E-state index contributed by atoms with van der Waals surface area (Å²) in [5.41, 5.74) is 0. The molecule has 0 saturated heterocycles. The Labute approximate surface area is 85.3 Å². The minimum atomic E-state index is -3.32. The van der Waals surface area contributed by atoms with E-state index in [-0.39, 0.29) is 16.0 Å². The lowest BCUT2D eigenvalue weighted by Crippen LogP contribution is -2.05. The molecule has 0 amide bonds. The Kier molecular flexibility index (Phi) is 1.97. The topological polar surface area (TPSA) is 64.3 Å². The highest BCUT2D eigenvalue weighted by atomic mass is 35.5. The van der Waals surface area contributed by atoms with E-state index >= 15 is 0 Å². The lowest BCUT2D eigenvalue weighted by atomic mass is 10.6. The first kappa shape index (κ1) is 9.42. The van der Waals surface area contributed by atoms with Gasteiger partial charge in [0, 0.05) is 24.7 Å². The summed E-state index contributed by atoms with van der Waals surface area (Å²) in [7, 11) is -3.32. The second-order valence-corrected chi connectivity index (χ2v) is 5.14. The Morgan fingerprint density at radius 1 is 1.50 bits per heavy atom. The third-order valence-electron chi connectivity index (χ3n) is 1.69. The molecule has 0 fully saturated rings. The van der Waals surface area contributed by atoms with Crippen molar-refractivity contribution >= 4 is 27.2 Å². The van der Waals surface area contributed by atoms with Crippen LogP contribution < -0.4 is 0 Å². The molecule has 0 N–H and O–H groups in total. The minimum absolute atomic E-state index is 0.0880. The highest BCUT2D eigenvalue weighted by molar-refractivity contribution is 7.90. The lowest BCUT2D eigenvalue weighted by molar-refractivity contribution is 0.596. The van der Waals surface area contributed by atoms with Crippen molar-refractivity contribution in [3.63, 3.8) is 0 Å². The molecule has 2 heterocycles. The molecule has 2 aromatic heterocycles. The van der Waals surface area contributed by atoms with Crippen LogP contribution in [0.3, 0.4) is 0 Å². The summed E-state index contributed by atoms with van der Waals surface area (Å²) < 4.78 is 24.1. The molecule has 0 aliphatic carbocycles. The predicted molar refractivity (Wildman–Crippen MR) is 51.1 cm³/mol. The van der Waals surface area contributed by atoms with Gasteiger partial charge in [-0.05, 0) is 0 Å². The highest BCUT2D eigenvalue weighted by Crippen LogP contribution is 2.15. The van der Waals surface area contributed by atoms with Crippen LogP contribution in [0, 0.1) is 0 Å². The summed E-state index contributed by atoms with van der Waals surface area (Å²) in [6.45, 7) is 0. The first-order chi connectivity index (χ1) is 6.48. The SMILES string of the molecule is CS(=O)(=O)c1cc(Cl)nc2nccn12. The normalized spacial score (nSPS) is 12.1. The van der Waals surface area contributed by atoms with Crippen molar-refractivity contribution in [1.29, 1.82) is 0 Å². The second-order valence-electron chi connectivity index (χ2n) is 2.79. The van der Waals surface area contributed by atoms with E-state index in [4.69, 9.17) is 11.6 Å². The molecule has 0 unspecified atom stereocenters. The van der Waals surface area contributed by atoms with Crippen LogP contribution in [0.25, 0.3) is 5.78 Å². The van der Waals surface area contributed by atoms with Gasteiger partial charge in [-0.25, -0.2) is 18.4 Å². The number of aromatic nitrogens is 3. The number of hydrogen-bond acceptors (Lipinski definition) is 4. The van der Waals surface area contributed by atoms with Crippen LogP contribution in [0.4, 0.5) is 0 Å². The van der Waals surface area contributed by atoms with E-state index in [9.17, 15) is 8.42 Å². The van der Waals surface area contributed by atoms with Gasteiger partial charge in [-0.2, -0.15) is 0 Å². The van der Waals surface area contributed by atoms with Crippen LogP contribution in [0.15, 0.2) is 23.5 Å². The van der Waals surface area contributed by atoms with Crippen LogP contribution >= 0.6 is 11.6 Å². The Hall–Kier alpha value is -1.14. The van der Waals surface area contributed by atoms with Crippen molar-refractivity contribution in [2.45, 2.75) is 5.03 Å². The van der Waals surface area contributed by atoms with E-state index in [0.29, 0.717) is 0 Å². The fourth-order valence-electron chi connectivity index (χ4n) is 1.14. The molecule has 0 radical (unpaired) electrons. The Balaban J connectivity index is 2.94. The summed E-state index contributed by atoms with van der Waals surface area (Å²) in [6, 6.07) is 1.30. The zero-order valence-corrected chi connectivity index (χ0v) is 8.75. The number of sulfone groups is 1. The molecular formula is C7H6ClN3O2S. The summed E-state index contributed by atoms with van der Waals surface area (Å²) in [5, 5.41) is 0.203. The molecule has 0 saturated carbocycles. The monoisotopic (exact) mass is 231 g/mol. The third-order valence-corrected chi connectivity index (χ3v) is 2.96. The molecule has 14 heavy (non-hydrogen) atoms. The smallest absolute Gasteiger partial charge is 0.236 e. The molecule has 7 heteroatoms. The number of fused-ring (bicyclic) bond motifs is 1. The Morgan fingerprint density at radius 2 is 2.21 bits per heavy atom. The average molecular weight is 232 g/mol. The number of nitrogens with zero attached hydrogens (tertiary/aromatic N) is 3. The van der Waals surface area contributed by atoms with E-state index < -0.39 is 9.84 Å². The minimum Gasteiger partial charge on any atom is -0.274 e. The number of halogens is 1. The van der Waals surface area contributed by atoms with Crippen LogP contribution in [-0.4, -0.2) is 29.0 Å². The molecule has 0 aliphatic rings. The van der Waals surface area contributed by atoms with Gasteiger partial charge >= 0.3 is 0 Å². The molecule has 0 aromatic carbocycles. The molecule has 0 spiro atoms. The Bertz CT molecular complexity index is 590. The van der Waals surface area contributed by atoms with Gasteiger partial charge in [0.1, 0.15) is 10.2 Å². The summed E-state index contributed by atoms with van der Waals surface area (Å²) in [5.74, 6) is 0.276. The maximum absolute atomic E-state index is 11.4. The molecular weight excluding hydrogens is 226 g/mol. The lowest BCUT2D eigenvalue weighted by Gasteiger charge is -2.02. The van der Waals surface area contributed by atoms with Gasteiger partial charge in [0.2, 0.25) is 5.78 Å². The number of imidazole rings is 1. The zero-order chi connectivity index (χ0) is 10.3. The average Bonchev–Trinajstić information content (AvgIpc) is 2.47. The van der Waals surface area contributed by atoms with E-state index in [1.165, 1.54) is 22.9 Å². The molecule has 0 aliphatic heterocycles. The molecule has 74 valence electrons. The second kappa shape index (κ2) is 2.93. The highest BCUT2D eigenvalue weighted by Gasteiger charge is 2.13. The first-order valence-electron chi connectivity index (χ1n) is 3.68. The number of rotatable bonds is 1. The van der Waals surface area contributed by atoms with Gasteiger partial charge in [-0.3, -0.25) is 4.40 Å². The van der Waals surface area contributed by atoms with Gasteiger partial charge in [-0.1, -0.05) is 11.6 Å². The van der Waals surface area contributed by atoms with Gasteiger partial charge in [-0.15, -0.1) is 0 Å². The maximum atomic E-state index is 11.4. The summed E-state index contributed by atoms with van der Waals surface area (Å²) in [4.78, 5) is 7.72. The fourth-order valence-corrected chi connectivity index (χ4v) is 2.20. The first-order valence-corrected chi connectivity index (χ1v) is 5.95. The van der Waals surface area contributed by atoms with Gasteiger partial charge in [0.25, 0.3) is 0 Å². The van der Waals surface area contributed by atoms with Crippen molar-refractivity contribution in [3.8, 4) is 0 Å². The van der Waals surface area contributed by atoms with Crippen LogP contribution in [0.1, 0.15) is 0 Å². The van der Waals surface area contributed by atoms with Crippen molar-refractivity contribution in [1.82, 2.24) is 14.4 Å². The van der Waals surface area contributed by atoms with Crippen molar-refractivity contribution in [2.75, 3.05) is 6.26 Å². The van der Waals surface area contributed by atoms with Gasteiger partial charge in [0.05, 0.1) is 0 Å². The van der Waals surface area contributed by atoms with Crippen LogP contribution in [0.5, 0.6) is 0 Å². The third kappa shape index (κ3) is 1.46. The molecule has 0 bridgehead atoms. The van der Waals surface area contributed by atoms with Crippen molar-refractivity contribution in [3.05, 3.63) is 23.6 Å². The molecule has 5 nitrogen and oxygen atoms in total. The van der Waals surface area contributed by atoms with Crippen LogP contribution in [0.2, 0.25) is 5.15 Å². The van der Waals surface area contributed by atoms with E-state index in [2.05, 4.69) is 9.97 Å². The largest absolute Gasteiger partial charge is 0.274 e. The number of hydrogen-bond donors (Lipinski definition) is 0. The van der Waals surface area contributed by atoms with E-state index in [1.807, 2.05) is 0 Å². The Morgan fingerprint density at radius 3 is 2.86 bits per heavy atom. The quantitative estimate of drug-likeness (QED) is 0.681. The molecule has 2 rings (SSSR count). The summed E-state index contributed by atoms with van der Waals surface area (Å²) >= 11 is 5.66. The summed E-state index contributed by atoms with van der Waals surface area (Å²) in [6.07, 6.45) is 4.10. The van der Waals surface area contributed by atoms with Crippen LogP contribution in [-0.2, 0) is 9.84 Å². The van der Waals surface area contributed by atoms with Gasteiger partial charge < -0.3 is 0 Å². The van der Waals surface area contributed by atoms with Crippen molar-refractivity contribution in [2.24, 2.45) is 0 Å². The van der Waals surface area contributed by atoms with Gasteiger partial charge in [0.15, 0.2) is 9.84 Å². The molecule has 0 atom stereocenters.